The summed E-state index contributed by atoms with van der Waals surface area (Å²) in [6.45, 7) is 2.09. The minimum absolute atomic E-state index is 0.876. The molecule has 3 aromatic carbocycles. The number of hydrogen-bond acceptors (Lipinski definition) is 1. The number of nitrogens with one attached hydrogen (secondary N) is 1. The first-order valence-electron chi connectivity index (χ1n) is 8.29. The van der Waals surface area contributed by atoms with Crippen LogP contribution in [0.15, 0.2) is 81.7 Å². The molecule has 0 radical (unpaired) electrons. The fourth-order valence-electron chi connectivity index (χ4n) is 2.86. The summed E-state index contributed by atoms with van der Waals surface area (Å²) in [4.78, 5) is 8.45. The summed E-state index contributed by atoms with van der Waals surface area (Å²) in [5, 5.41) is 0. The molecule has 2 nitrogen and oxygen atoms in total. The number of hydrogen-bond donors (Lipinski definition) is 1. The van der Waals surface area contributed by atoms with Gasteiger partial charge in [0.25, 0.3) is 0 Å². The minimum Gasteiger partial charge on any atom is -0.337 e. The molecule has 0 fully saturated rings. The highest BCUT2D eigenvalue weighted by atomic mass is 79.9. The van der Waals surface area contributed by atoms with Crippen LogP contribution in [0.3, 0.4) is 0 Å². The van der Waals surface area contributed by atoms with Crippen molar-refractivity contribution in [2.24, 2.45) is 0 Å². The molecule has 0 aliphatic heterocycles. The Hall–Kier alpha value is -2.17. The van der Waals surface area contributed by atoms with Crippen molar-refractivity contribution in [3.8, 4) is 33.9 Å². The molecule has 0 spiro atoms. The fraction of sp³-hybridized carbons (Fsp3) is 0.0455. The lowest BCUT2D eigenvalue weighted by Gasteiger charge is -2.04. The van der Waals surface area contributed by atoms with Gasteiger partial charge in [0.15, 0.2) is 0 Å². The fourth-order valence-corrected chi connectivity index (χ4v) is 3.39. The Kier molecular flexibility index (Phi) is 4.79. The average molecular weight is 468 g/mol. The first-order valence-corrected chi connectivity index (χ1v) is 9.88. The van der Waals surface area contributed by atoms with Gasteiger partial charge in [-0.15, -0.1) is 0 Å². The zero-order chi connectivity index (χ0) is 18.1. The van der Waals surface area contributed by atoms with Gasteiger partial charge < -0.3 is 4.98 Å². The molecule has 1 aromatic heterocycles. The van der Waals surface area contributed by atoms with Crippen LogP contribution in [0.25, 0.3) is 33.9 Å². The Morgan fingerprint density at radius 2 is 1.15 bits per heavy atom. The number of nitrogens with zero attached hydrogens (tertiary/aromatic N) is 1. The van der Waals surface area contributed by atoms with E-state index in [9.17, 15) is 0 Å². The number of benzene rings is 3. The molecule has 0 aliphatic rings. The van der Waals surface area contributed by atoms with Crippen LogP contribution in [0.1, 0.15) is 5.56 Å². The maximum atomic E-state index is 4.93. The average Bonchev–Trinajstić information content (AvgIpc) is 3.09. The molecule has 4 aromatic rings. The lowest BCUT2D eigenvalue weighted by Crippen LogP contribution is -1.83. The predicted octanol–water partition coefficient (Wildman–Crippen LogP) is 7.24. The number of H-pyrrole nitrogens is 1. The second-order valence-corrected chi connectivity index (χ2v) is 8.02. The molecule has 0 amide bonds. The van der Waals surface area contributed by atoms with E-state index in [2.05, 4.69) is 92.3 Å². The highest BCUT2D eigenvalue weighted by molar-refractivity contribution is 9.10. The van der Waals surface area contributed by atoms with Gasteiger partial charge in [-0.05, 0) is 31.2 Å². The van der Waals surface area contributed by atoms with Gasteiger partial charge >= 0.3 is 0 Å². The smallest absolute Gasteiger partial charge is 0.138 e. The summed E-state index contributed by atoms with van der Waals surface area (Å²) in [6.07, 6.45) is 0. The summed E-state index contributed by atoms with van der Waals surface area (Å²) in [5.41, 5.74) is 6.49. The van der Waals surface area contributed by atoms with Crippen LogP contribution in [0, 0.1) is 6.92 Å². The zero-order valence-electron chi connectivity index (χ0n) is 14.1. The molecule has 0 unspecified atom stereocenters. The van der Waals surface area contributed by atoms with Crippen LogP contribution in [0.5, 0.6) is 0 Å². The van der Waals surface area contributed by atoms with Crippen molar-refractivity contribution in [1.82, 2.24) is 9.97 Å². The number of rotatable bonds is 3. The summed E-state index contributed by atoms with van der Waals surface area (Å²) in [6, 6.07) is 25.0. The van der Waals surface area contributed by atoms with E-state index in [0.717, 1.165) is 42.8 Å². The molecule has 0 atom stereocenters. The highest BCUT2D eigenvalue weighted by Crippen LogP contribution is 2.34. The molecule has 4 heteroatoms. The van der Waals surface area contributed by atoms with E-state index >= 15 is 0 Å². The molecule has 128 valence electrons. The van der Waals surface area contributed by atoms with Gasteiger partial charge in [-0.1, -0.05) is 86.0 Å². The highest BCUT2D eigenvalue weighted by Gasteiger charge is 2.15. The monoisotopic (exact) mass is 466 g/mol. The predicted molar refractivity (Wildman–Crippen MR) is 115 cm³/mol. The van der Waals surface area contributed by atoms with Crippen molar-refractivity contribution in [1.29, 1.82) is 0 Å². The second kappa shape index (κ2) is 7.22. The third kappa shape index (κ3) is 3.53. The Balaban J connectivity index is 1.88. The molecule has 1 N–H and O–H groups in total. The van der Waals surface area contributed by atoms with Gasteiger partial charge in [0.1, 0.15) is 5.82 Å². The number of imidazole rings is 1. The Morgan fingerprint density at radius 3 is 1.73 bits per heavy atom. The number of aryl methyl sites for hydroxylation is 1. The van der Waals surface area contributed by atoms with Gasteiger partial charge in [-0.3, -0.25) is 0 Å². The minimum atomic E-state index is 0.876. The third-order valence-corrected chi connectivity index (χ3v) is 5.34. The van der Waals surface area contributed by atoms with Crippen LogP contribution in [0.2, 0.25) is 0 Å². The van der Waals surface area contributed by atoms with E-state index in [4.69, 9.17) is 4.98 Å². The number of aromatic nitrogens is 2. The van der Waals surface area contributed by atoms with Gasteiger partial charge in [0.05, 0.1) is 11.4 Å². The van der Waals surface area contributed by atoms with Gasteiger partial charge in [0.2, 0.25) is 0 Å². The lowest BCUT2D eigenvalue weighted by molar-refractivity contribution is 1.30. The van der Waals surface area contributed by atoms with Crippen molar-refractivity contribution in [3.63, 3.8) is 0 Å². The van der Waals surface area contributed by atoms with Gasteiger partial charge in [-0.25, -0.2) is 4.98 Å². The van der Waals surface area contributed by atoms with Crippen molar-refractivity contribution < 1.29 is 0 Å². The first kappa shape index (κ1) is 17.3. The maximum absolute atomic E-state index is 4.93. The van der Waals surface area contributed by atoms with Crippen LogP contribution in [-0.2, 0) is 0 Å². The Labute approximate surface area is 169 Å². The zero-order valence-corrected chi connectivity index (χ0v) is 17.3. The number of aromatic amines is 1. The molecule has 4 rings (SSSR count). The molecule has 0 saturated carbocycles. The summed E-state index contributed by atoms with van der Waals surface area (Å²) in [5.74, 6) is 0.876. The second-order valence-electron chi connectivity index (χ2n) is 6.19. The molecule has 0 bridgehead atoms. The molecule has 1 heterocycles. The normalized spacial score (nSPS) is 10.9. The summed E-state index contributed by atoms with van der Waals surface area (Å²) >= 11 is 7.01. The maximum Gasteiger partial charge on any atom is 0.138 e. The Morgan fingerprint density at radius 1 is 0.654 bits per heavy atom. The summed E-state index contributed by atoms with van der Waals surface area (Å²) < 4.78 is 2.12. The molecular formula is C22H16Br2N2. The quantitative estimate of drug-likeness (QED) is 0.337. The van der Waals surface area contributed by atoms with E-state index in [1.807, 2.05) is 24.3 Å². The molecule has 0 saturated heterocycles. The van der Waals surface area contributed by atoms with Crippen molar-refractivity contribution >= 4 is 31.9 Å². The van der Waals surface area contributed by atoms with E-state index in [1.54, 1.807) is 0 Å². The van der Waals surface area contributed by atoms with Gasteiger partial charge in [0, 0.05) is 25.6 Å². The molecule has 26 heavy (non-hydrogen) atoms. The van der Waals surface area contributed by atoms with E-state index in [0.29, 0.717) is 0 Å². The first-order chi connectivity index (χ1) is 12.6. The SMILES string of the molecule is Cc1ccc(-c2nc(-c3ccc(Br)cc3)c(-c3ccc(Br)cc3)[nH]2)cc1. The molecular weight excluding hydrogens is 452 g/mol. The largest absolute Gasteiger partial charge is 0.337 e. The van der Waals surface area contributed by atoms with Crippen molar-refractivity contribution in [2.45, 2.75) is 6.92 Å². The Bertz CT molecular complexity index is 968. The van der Waals surface area contributed by atoms with E-state index < -0.39 is 0 Å². The lowest BCUT2D eigenvalue weighted by atomic mass is 10.1. The van der Waals surface area contributed by atoms with Gasteiger partial charge in [-0.2, -0.15) is 0 Å². The van der Waals surface area contributed by atoms with E-state index in [1.165, 1.54) is 5.56 Å². The van der Waals surface area contributed by atoms with Crippen molar-refractivity contribution in [2.75, 3.05) is 0 Å². The van der Waals surface area contributed by atoms with Crippen molar-refractivity contribution in [3.05, 3.63) is 87.3 Å². The van der Waals surface area contributed by atoms with E-state index in [-0.39, 0.29) is 0 Å². The molecule has 0 aliphatic carbocycles. The number of halogens is 2. The summed E-state index contributed by atoms with van der Waals surface area (Å²) in [7, 11) is 0. The topological polar surface area (TPSA) is 28.7 Å². The standard InChI is InChI=1S/C22H16Br2N2/c1-14-2-4-17(5-3-14)22-25-20(15-6-10-18(23)11-7-15)21(26-22)16-8-12-19(24)13-9-16/h2-13H,1H3,(H,25,26). The van der Waals surface area contributed by atoms with Crippen LogP contribution in [0.4, 0.5) is 0 Å². The third-order valence-electron chi connectivity index (χ3n) is 4.28. The van der Waals surface area contributed by atoms with Crippen LogP contribution in [-0.4, -0.2) is 9.97 Å². The van der Waals surface area contributed by atoms with Crippen LogP contribution >= 0.6 is 31.9 Å². The van der Waals surface area contributed by atoms with Crippen LogP contribution < -0.4 is 0 Å².